The Morgan fingerprint density at radius 2 is 1.77 bits per heavy atom. The van der Waals surface area contributed by atoms with Gasteiger partial charge < -0.3 is 5.32 Å². The minimum atomic E-state index is -0.0510. The molecule has 4 nitrogen and oxygen atoms in total. The number of nitrogens with zero attached hydrogens (tertiary/aromatic N) is 2. The van der Waals surface area contributed by atoms with E-state index in [1.807, 2.05) is 19.9 Å². The number of nitrogens with one attached hydrogen (secondary N) is 1. The largest absolute Gasteiger partial charge is 0.351 e. The number of benzene rings is 1. The molecule has 1 aromatic heterocycles. The number of rotatable bonds is 5. The molecule has 118 valence electrons. The predicted molar refractivity (Wildman–Crippen MR) is 90.2 cm³/mol. The van der Waals surface area contributed by atoms with Crippen LogP contribution in [0, 0.1) is 20.8 Å². The summed E-state index contributed by atoms with van der Waals surface area (Å²) in [7, 11) is 0. The molecule has 0 aliphatic rings. The van der Waals surface area contributed by atoms with Crippen molar-refractivity contribution in [1.29, 1.82) is 0 Å². The van der Waals surface area contributed by atoms with Gasteiger partial charge in [-0.25, -0.2) is 0 Å². The first-order chi connectivity index (χ1) is 10.5. The summed E-state index contributed by atoms with van der Waals surface area (Å²) in [6.45, 7) is 11.7. The molecule has 0 saturated carbocycles. The summed E-state index contributed by atoms with van der Waals surface area (Å²) in [5, 5.41) is 7.56. The first kappa shape index (κ1) is 16.3. The standard InChI is InChI=1S/C18H25N3O/c1-6-8-19-18(22)16-11-15(20-21(16)7-2)17-13(4)9-12(3)10-14(17)5/h9-11H,6-8H2,1-5H3,(H,19,22). The van der Waals surface area contributed by atoms with Crippen LogP contribution < -0.4 is 5.32 Å². The summed E-state index contributed by atoms with van der Waals surface area (Å²) >= 11 is 0. The molecular formula is C18H25N3O. The van der Waals surface area contributed by atoms with Crippen molar-refractivity contribution in [3.8, 4) is 11.3 Å². The van der Waals surface area contributed by atoms with Crippen molar-refractivity contribution in [2.75, 3.05) is 6.54 Å². The van der Waals surface area contributed by atoms with E-state index in [-0.39, 0.29) is 5.91 Å². The third kappa shape index (κ3) is 3.21. The van der Waals surface area contributed by atoms with Gasteiger partial charge in [-0.05, 0) is 51.3 Å². The first-order valence-corrected chi connectivity index (χ1v) is 7.92. The van der Waals surface area contributed by atoms with Crippen molar-refractivity contribution in [1.82, 2.24) is 15.1 Å². The Hall–Kier alpha value is -2.10. The number of carbonyl (C=O) groups excluding carboxylic acids is 1. The summed E-state index contributed by atoms with van der Waals surface area (Å²) in [6, 6.07) is 6.22. The van der Waals surface area contributed by atoms with Crippen LogP contribution in [-0.4, -0.2) is 22.2 Å². The second kappa shape index (κ2) is 6.77. The topological polar surface area (TPSA) is 46.9 Å². The number of aromatic nitrogens is 2. The van der Waals surface area contributed by atoms with E-state index in [4.69, 9.17) is 0 Å². The van der Waals surface area contributed by atoms with Crippen LogP contribution >= 0.6 is 0 Å². The number of carbonyl (C=O) groups is 1. The van der Waals surface area contributed by atoms with Crippen LogP contribution in [0.25, 0.3) is 11.3 Å². The Balaban J connectivity index is 2.46. The molecule has 0 saturated heterocycles. The van der Waals surface area contributed by atoms with Crippen LogP contribution in [-0.2, 0) is 6.54 Å². The van der Waals surface area contributed by atoms with E-state index in [0.717, 1.165) is 17.7 Å². The second-order valence-electron chi connectivity index (χ2n) is 5.76. The second-order valence-corrected chi connectivity index (χ2v) is 5.76. The molecule has 1 heterocycles. The van der Waals surface area contributed by atoms with Gasteiger partial charge in [0, 0.05) is 18.7 Å². The van der Waals surface area contributed by atoms with E-state index in [9.17, 15) is 4.79 Å². The van der Waals surface area contributed by atoms with Gasteiger partial charge in [0.25, 0.3) is 5.91 Å². The molecule has 1 aromatic carbocycles. The van der Waals surface area contributed by atoms with Gasteiger partial charge in [-0.2, -0.15) is 5.10 Å². The lowest BCUT2D eigenvalue weighted by molar-refractivity contribution is 0.0943. The molecule has 0 aliphatic carbocycles. The smallest absolute Gasteiger partial charge is 0.269 e. The molecule has 0 spiro atoms. The number of hydrogen-bond acceptors (Lipinski definition) is 2. The van der Waals surface area contributed by atoms with Crippen molar-refractivity contribution < 1.29 is 4.79 Å². The molecule has 22 heavy (non-hydrogen) atoms. The molecule has 1 N–H and O–H groups in total. The maximum atomic E-state index is 12.3. The van der Waals surface area contributed by atoms with Crippen LogP contribution in [0.1, 0.15) is 47.4 Å². The molecule has 2 aromatic rings. The Morgan fingerprint density at radius 3 is 2.32 bits per heavy atom. The lowest BCUT2D eigenvalue weighted by atomic mass is 9.97. The Labute approximate surface area is 132 Å². The lowest BCUT2D eigenvalue weighted by Crippen LogP contribution is -2.26. The minimum Gasteiger partial charge on any atom is -0.351 e. The predicted octanol–water partition coefficient (Wildman–Crippen LogP) is 3.64. The number of hydrogen-bond donors (Lipinski definition) is 1. The van der Waals surface area contributed by atoms with Crippen LogP contribution in [0.5, 0.6) is 0 Å². The van der Waals surface area contributed by atoms with Gasteiger partial charge in [0.05, 0.1) is 5.69 Å². The lowest BCUT2D eigenvalue weighted by Gasteiger charge is -2.08. The zero-order valence-electron chi connectivity index (χ0n) is 14.2. The fraction of sp³-hybridized carbons (Fsp3) is 0.444. The molecule has 0 radical (unpaired) electrons. The molecular weight excluding hydrogens is 274 g/mol. The van der Waals surface area contributed by atoms with E-state index in [2.05, 4.69) is 43.3 Å². The molecule has 1 amide bonds. The summed E-state index contributed by atoms with van der Waals surface area (Å²) in [5.41, 5.74) is 6.26. The average molecular weight is 299 g/mol. The monoisotopic (exact) mass is 299 g/mol. The molecule has 0 bridgehead atoms. The Morgan fingerprint density at radius 1 is 1.14 bits per heavy atom. The maximum Gasteiger partial charge on any atom is 0.269 e. The molecule has 0 aliphatic heterocycles. The molecule has 0 atom stereocenters. The van der Waals surface area contributed by atoms with Crippen LogP contribution in [0.4, 0.5) is 0 Å². The highest BCUT2D eigenvalue weighted by Gasteiger charge is 2.17. The van der Waals surface area contributed by atoms with Crippen molar-refractivity contribution in [2.45, 2.75) is 47.6 Å². The minimum absolute atomic E-state index is 0.0510. The summed E-state index contributed by atoms with van der Waals surface area (Å²) in [6.07, 6.45) is 0.926. The van der Waals surface area contributed by atoms with E-state index >= 15 is 0 Å². The molecule has 0 fully saturated rings. The normalized spacial score (nSPS) is 10.8. The van der Waals surface area contributed by atoms with E-state index in [1.54, 1.807) is 4.68 Å². The highest BCUT2D eigenvalue weighted by Crippen LogP contribution is 2.28. The van der Waals surface area contributed by atoms with Gasteiger partial charge in [-0.1, -0.05) is 24.6 Å². The van der Waals surface area contributed by atoms with Gasteiger partial charge >= 0.3 is 0 Å². The zero-order chi connectivity index (χ0) is 16.3. The fourth-order valence-electron chi connectivity index (χ4n) is 2.88. The van der Waals surface area contributed by atoms with E-state index in [0.29, 0.717) is 18.8 Å². The summed E-state index contributed by atoms with van der Waals surface area (Å²) < 4.78 is 1.78. The van der Waals surface area contributed by atoms with E-state index < -0.39 is 0 Å². The van der Waals surface area contributed by atoms with Crippen molar-refractivity contribution >= 4 is 5.91 Å². The van der Waals surface area contributed by atoms with Crippen molar-refractivity contribution in [3.05, 3.63) is 40.6 Å². The molecule has 0 unspecified atom stereocenters. The summed E-state index contributed by atoms with van der Waals surface area (Å²) in [4.78, 5) is 12.3. The Kier molecular flexibility index (Phi) is 5.01. The Bertz CT molecular complexity index is 663. The third-order valence-corrected chi connectivity index (χ3v) is 3.78. The average Bonchev–Trinajstić information content (AvgIpc) is 2.87. The van der Waals surface area contributed by atoms with Gasteiger partial charge in [0.15, 0.2) is 0 Å². The zero-order valence-corrected chi connectivity index (χ0v) is 14.2. The van der Waals surface area contributed by atoms with Crippen LogP contribution in [0.15, 0.2) is 18.2 Å². The van der Waals surface area contributed by atoms with Gasteiger partial charge in [-0.3, -0.25) is 9.48 Å². The number of aryl methyl sites for hydroxylation is 4. The van der Waals surface area contributed by atoms with Crippen LogP contribution in [0.3, 0.4) is 0 Å². The van der Waals surface area contributed by atoms with Gasteiger partial charge in [0.1, 0.15) is 5.69 Å². The molecule has 4 heteroatoms. The fourth-order valence-corrected chi connectivity index (χ4v) is 2.88. The quantitative estimate of drug-likeness (QED) is 0.916. The third-order valence-electron chi connectivity index (χ3n) is 3.78. The van der Waals surface area contributed by atoms with Gasteiger partial charge in [0.2, 0.25) is 0 Å². The number of amides is 1. The highest BCUT2D eigenvalue weighted by atomic mass is 16.2. The molecule has 2 rings (SSSR count). The van der Waals surface area contributed by atoms with Gasteiger partial charge in [-0.15, -0.1) is 0 Å². The van der Waals surface area contributed by atoms with Crippen molar-refractivity contribution in [3.63, 3.8) is 0 Å². The highest BCUT2D eigenvalue weighted by molar-refractivity contribution is 5.94. The SMILES string of the molecule is CCCNC(=O)c1cc(-c2c(C)cc(C)cc2C)nn1CC. The van der Waals surface area contributed by atoms with Crippen molar-refractivity contribution in [2.24, 2.45) is 0 Å². The van der Waals surface area contributed by atoms with E-state index in [1.165, 1.54) is 16.7 Å². The van der Waals surface area contributed by atoms with Crippen LogP contribution in [0.2, 0.25) is 0 Å². The maximum absolute atomic E-state index is 12.3. The summed E-state index contributed by atoms with van der Waals surface area (Å²) in [5.74, 6) is -0.0510. The first-order valence-electron chi connectivity index (χ1n) is 7.92.